The molecule has 0 unspecified atom stereocenters. The Balaban J connectivity index is 1.83. The first-order chi connectivity index (χ1) is 10.2. The molecule has 1 aliphatic rings. The van der Waals surface area contributed by atoms with Crippen molar-refractivity contribution in [3.8, 4) is 0 Å². The van der Waals surface area contributed by atoms with Gasteiger partial charge in [0, 0.05) is 23.4 Å². The molecule has 0 saturated carbocycles. The summed E-state index contributed by atoms with van der Waals surface area (Å²) in [5.41, 5.74) is 1.56. The maximum atomic E-state index is 11.6. The third-order valence-electron chi connectivity index (χ3n) is 3.03. The number of thioether (sulfide) groups is 1. The van der Waals surface area contributed by atoms with Crippen LogP contribution in [-0.4, -0.2) is 24.6 Å². The van der Waals surface area contributed by atoms with Crippen LogP contribution in [0, 0.1) is 0 Å². The SMILES string of the molecule is CCOC(=O)c1csc(C=C2Sc3ccccc3N2C)n1. The lowest BCUT2D eigenvalue weighted by molar-refractivity contribution is 0.0520. The monoisotopic (exact) mass is 318 g/mol. The smallest absolute Gasteiger partial charge is 0.357 e. The van der Waals surface area contributed by atoms with Crippen molar-refractivity contribution < 1.29 is 9.53 Å². The number of rotatable bonds is 3. The topological polar surface area (TPSA) is 42.4 Å². The molecule has 0 spiro atoms. The minimum atomic E-state index is -0.367. The molecule has 21 heavy (non-hydrogen) atoms. The lowest BCUT2D eigenvalue weighted by atomic mass is 10.3. The third-order valence-corrected chi connectivity index (χ3v) is 4.98. The van der Waals surface area contributed by atoms with E-state index in [4.69, 9.17) is 4.74 Å². The Kier molecular flexibility index (Phi) is 3.98. The molecular formula is C15H14N2O2S2. The van der Waals surface area contributed by atoms with Gasteiger partial charge in [-0.2, -0.15) is 0 Å². The van der Waals surface area contributed by atoms with Gasteiger partial charge in [0.05, 0.1) is 17.3 Å². The molecule has 0 N–H and O–H groups in total. The van der Waals surface area contributed by atoms with E-state index in [1.807, 2.05) is 25.3 Å². The number of thiazole rings is 1. The molecule has 0 bridgehead atoms. The first kappa shape index (κ1) is 14.2. The van der Waals surface area contributed by atoms with Gasteiger partial charge >= 0.3 is 5.97 Å². The number of fused-ring (bicyclic) bond motifs is 1. The van der Waals surface area contributed by atoms with Crippen LogP contribution in [0.5, 0.6) is 0 Å². The highest BCUT2D eigenvalue weighted by Crippen LogP contribution is 2.45. The molecule has 1 aliphatic heterocycles. The number of carbonyl (C=O) groups excluding carboxylic acids is 1. The summed E-state index contributed by atoms with van der Waals surface area (Å²) >= 11 is 3.15. The zero-order valence-electron chi connectivity index (χ0n) is 11.7. The number of esters is 1. The summed E-state index contributed by atoms with van der Waals surface area (Å²) < 4.78 is 4.95. The summed E-state index contributed by atoms with van der Waals surface area (Å²) in [4.78, 5) is 19.3. The molecule has 0 saturated heterocycles. The number of carbonyl (C=O) groups is 1. The van der Waals surface area contributed by atoms with Gasteiger partial charge in [-0.25, -0.2) is 9.78 Å². The molecule has 6 heteroatoms. The van der Waals surface area contributed by atoms with Crippen molar-refractivity contribution in [3.63, 3.8) is 0 Å². The number of hydrogen-bond acceptors (Lipinski definition) is 6. The standard InChI is InChI=1S/C15H14N2O2S2/c1-3-19-15(18)10-9-20-13(16-10)8-14-17(2)11-6-4-5-7-12(11)21-14/h4-9H,3H2,1-2H3. The number of nitrogens with zero attached hydrogens (tertiary/aromatic N) is 2. The highest BCUT2D eigenvalue weighted by molar-refractivity contribution is 8.03. The molecule has 1 aromatic heterocycles. The average molecular weight is 318 g/mol. The minimum absolute atomic E-state index is 0.362. The van der Waals surface area contributed by atoms with Crippen molar-refractivity contribution >= 4 is 40.8 Å². The van der Waals surface area contributed by atoms with Gasteiger partial charge < -0.3 is 9.64 Å². The fraction of sp³-hybridized carbons (Fsp3) is 0.200. The maximum absolute atomic E-state index is 11.6. The Morgan fingerprint density at radius 3 is 3.00 bits per heavy atom. The molecule has 0 atom stereocenters. The first-order valence-corrected chi connectivity index (χ1v) is 8.23. The van der Waals surface area contributed by atoms with Crippen molar-refractivity contribution in [2.75, 3.05) is 18.6 Å². The highest BCUT2D eigenvalue weighted by atomic mass is 32.2. The number of aromatic nitrogens is 1. The Hall–Kier alpha value is -1.79. The van der Waals surface area contributed by atoms with Gasteiger partial charge in [-0.15, -0.1) is 11.3 Å². The minimum Gasteiger partial charge on any atom is -0.461 e. The fourth-order valence-electron chi connectivity index (χ4n) is 2.01. The molecule has 0 fully saturated rings. The molecule has 2 heterocycles. The van der Waals surface area contributed by atoms with Gasteiger partial charge in [0.25, 0.3) is 0 Å². The summed E-state index contributed by atoms with van der Waals surface area (Å²) in [6.45, 7) is 2.15. The summed E-state index contributed by atoms with van der Waals surface area (Å²) in [6, 6.07) is 8.25. The largest absolute Gasteiger partial charge is 0.461 e. The molecule has 3 rings (SSSR count). The first-order valence-electron chi connectivity index (χ1n) is 6.54. The number of benzene rings is 1. The van der Waals surface area contributed by atoms with Gasteiger partial charge in [-0.05, 0) is 19.1 Å². The molecule has 0 radical (unpaired) electrons. The van der Waals surface area contributed by atoms with Crippen LogP contribution in [0.3, 0.4) is 0 Å². The summed E-state index contributed by atoms with van der Waals surface area (Å²) in [5.74, 6) is -0.367. The zero-order chi connectivity index (χ0) is 14.8. The van der Waals surface area contributed by atoms with Crippen LogP contribution in [0.1, 0.15) is 22.4 Å². The van der Waals surface area contributed by atoms with Crippen molar-refractivity contribution in [1.82, 2.24) is 4.98 Å². The Morgan fingerprint density at radius 2 is 2.24 bits per heavy atom. The Morgan fingerprint density at radius 1 is 1.43 bits per heavy atom. The van der Waals surface area contributed by atoms with Gasteiger partial charge in [0.1, 0.15) is 5.01 Å². The predicted octanol–water partition coefficient (Wildman–Crippen LogP) is 3.86. The van der Waals surface area contributed by atoms with Crippen LogP contribution < -0.4 is 4.90 Å². The Labute approximate surface area is 131 Å². The second-order valence-corrected chi connectivity index (χ2v) is 6.35. The molecule has 1 aromatic carbocycles. The molecule has 108 valence electrons. The van der Waals surface area contributed by atoms with Crippen molar-refractivity contribution in [2.24, 2.45) is 0 Å². The van der Waals surface area contributed by atoms with Crippen LogP contribution >= 0.6 is 23.1 Å². The van der Waals surface area contributed by atoms with Crippen LogP contribution in [-0.2, 0) is 4.74 Å². The van der Waals surface area contributed by atoms with E-state index in [-0.39, 0.29) is 5.97 Å². The van der Waals surface area contributed by atoms with E-state index in [2.05, 4.69) is 22.0 Å². The zero-order valence-corrected chi connectivity index (χ0v) is 13.3. The normalized spacial score (nSPS) is 15.3. The van der Waals surface area contributed by atoms with E-state index in [0.29, 0.717) is 12.3 Å². The number of anilines is 1. The molecule has 0 amide bonds. The van der Waals surface area contributed by atoms with E-state index >= 15 is 0 Å². The summed E-state index contributed by atoms with van der Waals surface area (Å²) in [6.07, 6.45) is 2.00. The van der Waals surface area contributed by atoms with Crippen LogP contribution in [0.15, 0.2) is 39.6 Å². The molecule has 2 aromatic rings. The molecular weight excluding hydrogens is 304 g/mol. The van der Waals surface area contributed by atoms with Gasteiger partial charge in [-0.3, -0.25) is 0 Å². The maximum Gasteiger partial charge on any atom is 0.357 e. The van der Waals surface area contributed by atoms with E-state index in [1.54, 1.807) is 24.1 Å². The summed E-state index contributed by atoms with van der Waals surface area (Å²) in [5, 5.41) is 3.64. The highest BCUT2D eigenvalue weighted by Gasteiger charge is 2.21. The van der Waals surface area contributed by atoms with Gasteiger partial charge in [0.15, 0.2) is 5.69 Å². The van der Waals surface area contributed by atoms with Crippen molar-refractivity contribution in [2.45, 2.75) is 11.8 Å². The number of hydrogen-bond donors (Lipinski definition) is 0. The quantitative estimate of drug-likeness (QED) is 0.804. The second kappa shape index (κ2) is 5.91. The molecule has 4 nitrogen and oxygen atoms in total. The van der Waals surface area contributed by atoms with E-state index < -0.39 is 0 Å². The molecule has 0 aliphatic carbocycles. The van der Waals surface area contributed by atoms with Crippen LogP contribution in [0.4, 0.5) is 5.69 Å². The third kappa shape index (κ3) is 2.82. The van der Waals surface area contributed by atoms with Gasteiger partial charge in [-0.1, -0.05) is 23.9 Å². The number of para-hydroxylation sites is 1. The average Bonchev–Trinajstić information content (AvgIpc) is 3.06. The fourth-order valence-corrected chi connectivity index (χ4v) is 3.88. The lowest BCUT2D eigenvalue weighted by Crippen LogP contribution is -2.09. The second-order valence-electron chi connectivity index (χ2n) is 4.40. The predicted molar refractivity (Wildman–Crippen MR) is 86.7 cm³/mol. The van der Waals surface area contributed by atoms with Crippen LogP contribution in [0.25, 0.3) is 6.08 Å². The van der Waals surface area contributed by atoms with Gasteiger partial charge in [0.2, 0.25) is 0 Å². The van der Waals surface area contributed by atoms with Crippen molar-refractivity contribution in [3.05, 3.63) is 45.4 Å². The summed E-state index contributed by atoms with van der Waals surface area (Å²) in [7, 11) is 2.03. The lowest BCUT2D eigenvalue weighted by Gasteiger charge is -2.12. The Bertz CT molecular complexity index is 709. The van der Waals surface area contributed by atoms with Crippen LogP contribution in [0.2, 0.25) is 0 Å². The van der Waals surface area contributed by atoms with E-state index in [0.717, 1.165) is 10.0 Å². The number of ether oxygens (including phenoxy) is 1. The van der Waals surface area contributed by atoms with E-state index in [1.165, 1.54) is 21.9 Å². The van der Waals surface area contributed by atoms with E-state index in [9.17, 15) is 4.79 Å². The van der Waals surface area contributed by atoms with Crippen molar-refractivity contribution in [1.29, 1.82) is 0 Å².